The minimum atomic E-state index is -4.70. The van der Waals surface area contributed by atoms with E-state index in [4.69, 9.17) is 10.5 Å². The fourth-order valence-electron chi connectivity index (χ4n) is 1.92. The third-order valence-corrected chi connectivity index (χ3v) is 4.65. The molecule has 0 saturated heterocycles. The van der Waals surface area contributed by atoms with Gasteiger partial charge < -0.3 is 15.6 Å². The van der Waals surface area contributed by atoms with Gasteiger partial charge in [-0.1, -0.05) is 12.1 Å². The van der Waals surface area contributed by atoms with Crippen molar-refractivity contribution in [2.24, 2.45) is 5.73 Å². The molecule has 1 aromatic heterocycles. The molecule has 11 nitrogen and oxygen atoms in total. The topological polar surface area (TPSA) is 166 Å². The van der Waals surface area contributed by atoms with E-state index in [0.29, 0.717) is 0 Å². The van der Waals surface area contributed by atoms with Crippen LogP contribution in [-0.2, 0) is 10.0 Å². The second-order valence-corrected chi connectivity index (χ2v) is 6.33. The number of rotatable bonds is 5. The number of nitrogens with zero attached hydrogens (tertiary/aromatic N) is 4. The number of sulfonamides is 1. The molecular formula is C13H13N5O6S. The normalized spacial score (nSPS) is 11.0. The Labute approximate surface area is 142 Å². The lowest BCUT2D eigenvalue weighted by molar-refractivity contribution is 0.0692. The maximum Gasteiger partial charge on any atom is 0.337 e. The van der Waals surface area contributed by atoms with Crippen molar-refractivity contribution < 1.29 is 27.9 Å². The van der Waals surface area contributed by atoms with Crippen molar-refractivity contribution in [1.82, 2.24) is 15.0 Å². The van der Waals surface area contributed by atoms with Crippen LogP contribution in [0.4, 0.5) is 10.7 Å². The van der Waals surface area contributed by atoms with Crippen LogP contribution < -0.4 is 14.8 Å². The van der Waals surface area contributed by atoms with E-state index in [1.54, 1.807) is 0 Å². The Morgan fingerprint density at radius 3 is 2.40 bits per heavy atom. The molecule has 1 heterocycles. The third kappa shape index (κ3) is 3.47. The van der Waals surface area contributed by atoms with Gasteiger partial charge in [0, 0.05) is 0 Å². The summed E-state index contributed by atoms with van der Waals surface area (Å²) in [6.07, 6.45) is 0. The number of urea groups is 1. The molecule has 2 rings (SSSR count). The summed E-state index contributed by atoms with van der Waals surface area (Å²) in [6.45, 7) is 1.42. The summed E-state index contributed by atoms with van der Waals surface area (Å²) in [6, 6.07) is 3.08. The highest BCUT2D eigenvalue weighted by molar-refractivity contribution is 7.93. The zero-order chi connectivity index (χ0) is 18.8. The lowest BCUT2D eigenvalue weighted by atomic mass is 10.2. The number of ether oxygens (including phenoxy) is 1. The number of carboxylic acid groups (broad SMARTS) is 1. The van der Waals surface area contributed by atoms with Crippen molar-refractivity contribution in [3.05, 3.63) is 35.7 Å². The van der Waals surface area contributed by atoms with E-state index in [1.807, 2.05) is 0 Å². The molecule has 0 bridgehead atoms. The van der Waals surface area contributed by atoms with Crippen LogP contribution in [0.2, 0.25) is 0 Å². The van der Waals surface area contributed by atoms with E-state index in [0.717, 1.165) is 12.1 Å². The average molecular weight is 367 g/mol. The lowest BCUT2D eigenvalue weighted by Crippen LogP contribution is -2.42. The summed E-state index contributed by atoms with van der Waals surface area (Å²) < 4.78 is 30.6. The van der Waals surface area contributed by atoms with Gasteiger partial charge in [-0.2, -0.15) is 15.0 Å². The van der Waals surface area contributed by atoms with Crippen LogP contribution in [0.25, 0.3) is 0 Å². The van der Waals surface area contributed by atoms with E-state index in [9.17, 15) is 23.1 Å². The molecule has 1 aromatic carbocycles. The highest BCUT2D eigenvalue weighted by atomic mass is 32.2. The van der Waals surface area contributed by atoms with Crippen molar-refractivity contribution in [3.8, 4) is 6.01 Å². The molecule has 25 heavy (non-hydrogen) atoms. The first-order chi connectivity index (χ1) is 11.7. The Balaban J connectivity index is 2.71. The largest absolute Gasteiger partial charge is 0.478 e. The van der Waals surface area contributed by atoms with Gasteiger partial charge in [0.15, 0.2) is 0 Å². The van der Waals surface area contributed by atoms with Gasteiger partial charge in [0.05, 0.1) is 12.7 Å². The summed E-state index contributed by atoms with van der Waals surface area (Å²) >= 11 is 0. The molecule has 0 aliphatic carbocycles. The van der Waals surface area contributed by atoms with Crippen LogP contribution in [0.15, 0.2) is 29.2 Å². The van der Waals surface area contributed by atoms with Gasteiger partial charge in [-0.3, -0.25) is 0 Å². The Morgan fingerprint density at radius 1 is 1.20 bits per heavy atom. The Kier molecular flexibility index (Phi) is 4.83. The molecule has 0 radical (unpaired) electrons. The fraction of sp³-hybridized carbons (Fsp3) is 0.154. The molecule has 0 aliphatic heterocycles. The predicted molar refractivity (Wildman–Crippen MR) is 83.8 cm³/mol. The molecule has 3 N–H and O–H groups in total. The quantitative estimate of drug-likeness (QED) is 0.748. The van der Waals surface area contributed by atoms with E-state index in [-0.39, 0.29) is 16.1 Å². The van der Waals surface area contributed by atoms with Gasteiger partial charge in [0.2, 0.25) is 0 Å². The summed E-state index contributed by atoms with van der Waals surface area (Å²) in [5, 5.41) is 9.19. The minimum Gasteiger partial charge on any atom is -0.478 e. The Morgan fingerprint density at radius 2 is 1.84 bits per heavy atom. The number of amides is 2. The number of hydrogen-bond donors (Lipinski definition) is 2. The lowest BCUT2D eigenvalue weighted by Gasteiger charge is -2.19. The van der Waals surface area contributed by atoms with Crippen LogP contribution in [0.3, 0.4) is 0 Å². The number of carboxylic acids is 1. The molecular weight excluding hydrogens is 354 g/mol. The van der Waals surface area contributed by atoms with Crippen LogP contribution in [-0.4, -0.2) is 47.6 Å². The number of anilines is 1. The van der Waals surface area contributed by atoms with Gasteiger partial charge in [-0.25, -0.2) is 18.0 Å². The maximum absolute atomic E-state index is 12.8. The van der Waals surface area contributed by atoms with E-state index in [1.165, 1.54) is 26.2 Å². The van der Waals surface area contributed by atoms with Gasteiger partial charge in [0.1, 0.15) is 10.7 Å². The second-order valence-electron chi connectivity index (χ2n) is 4.58. The first-order valence-corrected chi connectivity index (χ1v) is 8.06. The third-order valence-electron chi connectivity index (χ3n) is 2.92. The first kappa shape index (κ1) is 18.1. The number of methoxy groups -OCH3 is 1. The van der Waals surface area contributed by atoms with Crippen molar-refractivity contribution >= 4 is 28.0 Å². The number of nitrogens with two attached hydrogens (primary N) is 1. The van der Waals surface area contributed by atoms with Crippen molar-refractivity contribution in [3.63, 3.8) is 0 Å². The molecule has 2 amide bonds. The smallest absolute Gasteiger partial charge is 0.337 e. The van der Waals surface area contributed by atoms with Crippen molar-refractivity contribution in [2.45, 2.75) is 11.8 Å². The number of carbonyl (C=O) groups excluding carboxylic acids is 1. The molecule has 0 saturated carbocycles. The molecule has 0 fully saturated rings. The number of hydrogen-bond acceptors (Lipinski definition) is 8. The molecule has 12 heteroatoms. The minimum absolute atomic E-state index is 0.0646. The number of aryl methyl sites for hydroxylation is 1. The fourth-order valence-corrected chi connectivity index (χ4v) is 3.33. The van der Waals surface area contributed by atoms with Crippen LogP contribution in [0.5, 0.6) is 6.01 Å². The molecule has 0 spiro atoms. The van der Waals surface area contributed by atoms with Gasteiger partial charge in [-0.05, 0) is 19.1 Å². The zero-order valence-electron chi connectivity index (χ0n) is 13.1. The SMILES string of the molecule is COc1nc(C)nc(N(C(N)=O)S(=O)(=O)c2ccccc2C(=O)O)n1. The number of benzene rings is 1. The summed E-state index contributed by atoms with van der Waals surface area (Å²) in [4.78, 5) is 33.7. The van der Waals surface area contributed by atoms with Gasteiger partial charge >= 0.3 is 18.0 Å². The molecule has 0 aliphatic rings. The van der Waals surface area contributed by atoms with Crippen LogP contribution in [0.1, 0.15) is 16.2 Å². The van der Waals surface area contributed by atoms with E-state index in [2.05, 4.69) is 15.0 Å². The van der Waals surface area contributed by atoms with E-state index >= 15 is 0 Å². The molecule has 0 unspecified atom stereocenters. The standard InChI is InChI=1S/C13H13N5O6S/c1-7-15-12(17-13(16-7)24-2)18(11(14)21)25(22,23)9-6-4-3-5-8(9)10(19)20/h3-6H,1-2H3,(H2,14,21)(H,19,20). The zero-order valence-corrected chi connectivity index (χ0v) is 13.9. The summed E-state index contributed by atoms with van der Waals surface area (Å²) in [5.41, 5.74) is 4.64. The summed E-state index contributed by atoms with van der Waals surface area (Å²) in [7, 11) is -3.46. The van der Waals surface area contributed by atoms with E-state index < -0.39 is 38.4 Å². The molecule has 0 atom stereocenters. The molecule has 2 aromatic rings. The predicted octanol–water partition coefficient (Wildman–Crippen LogP) is 0.161. The highest BCUT2D eigenvalue weighted by Gasteiger charge is 2.35. The second kappa shape index (κ2) is 6.68. The Bertz CT molecular complexity index is 946. The van der Waals surface area contributed by atoms with Gasteiger partial charge in [0.25, 0.3) is 16.0 Å². The first-order valence-electron chi connectivity index (χ1n) is 6.62. The molecule has 132 valence electrons. The monoisotopic (exact) mass is 367 g/mol. The average Bonchev–Trinajstić information content (AvgIpc) is 2.53. The number of aromatic carboxylic acids is 1. The van der Waals surface area contributed by atoms with Gasteiger partial charge in [-0.15, -0.1) is 4.31 Å². The number of carbonyl (C=O) groups is 2. The Hall–Kier alpha value is -3.28. The maximum atomic E-state index is 12.8. The highest BCUT2D eigenvalue weighted by Crippen LogP contribution is 2.24. The van der Waals surface area contributed by atoms with Crippen LogP contribution in [0, 0.1) is 6.92 Å². The number of primary amides is 1. The summed E-state index contributed by atoms with van der Waals surface area (Å²) in [5.74, 6) is -2.04. The van der Waals surface area contributed by atoms with Crippen molar-refractivity contribution in [1.29, 1.82) is 0 Å². The van der Waals surface area contributed by atoms with Crippen LogP contribution >= 0.6 is 0 Å². The van der Waals surface area contributed by atoms with Crippen molar-refractivity contribution in [2.75, 3.05) is 11.4 Å². The number of aromatic nitrogens is 3.